The van der Waals surface area contributed by atoms with Gasteiger partial charge in [0.2, 0.25) is 10.0 Å². The minimum atomic E-state index is -3.26. The summed E-state index contributed by atoms with van der Waals surface area (Å²) < 4.78 is 26.1. The van der Waals surface area contributed by atoms with E-state index in [9.17, 15) is 13.2 Å². The van der Waals surface area contributed by atoms with E-state index in [2.05, 4.69) is 5.32 Å². The quantitative estimate of drug-likeness (QED) is 0.804. The summed E-state index contributed by atoms with van der Waals surface area (Å²) in [4.78, 5) is 13.6. The fourth-order valence-electron chi connectivity index (χ4n) is 3.04. The summed E-state index contributed by atoms with van der Waals surface area (Å²) in [5, 5.41) is 2.89. The summed E-state index contributed by atoms with van der Waals surface area (Å²) >= 11 is 1.61. The van der Waals surface area contributed by atoms with E-state index in [0.717, 1.165) is 22.6 Å². The van der Waals surface area contributed by atoms with Gasteiger partial charge in [-0.05, 0) is 68.0 Å². The molecule has 0 aliphatic carbocycles. The minimum absolute atomic E-state index is 0.181. The summed E-state index contributed by atoms with van der Waals surface area (Å²) in [5.41, 5.74) is 2.68. The molecule has 2 aromatic rings. The van der Waals surface area contributed by atoms with E-state index in [0.29, 0.717) is 24.2 Å². The first-order valence-electron chi connectivity index (χ1n) is 8.47. The van der Waals surface area contributed by atoms with Crippen LogP contribution < -0.4 is 9.62 Å². The summed E-state index contributed by atoms with van der Waals surface area (Å²) in [6.45, 7) is 2.33. The highest BCUT2D eigenvalue weighted by molar-refractivity contribution is 7.98. The third-order valence-electron chi connectivity index (χ3n) is 4.40. The first kappa shape index (κ1) is 18.8. The zero-order valence-corrected chi connectivity index (χ0v) is 16.5. The van der Waals surface area contributed by atoms with Gasteiger partial charge in [0.25, 0.3) is 5.91 Å². The monoisotopic (exact) mass is 390 g/mol. The second-order valence-corrected chi connectivity index (χ2v) is 9.18. The van der Waals surface area contributed by atoms with Gasteiger partial charge in [0.15, 0.2) is 0 Å². The lowest BCUT2D eigenvalue weighted by molar-refractivity contribution is 0.102. The molecular formula is C19H22N2O3S2. The van der Waals surface area contributed by atoms with Crippen molar-refractivity contribution in [2.45, 2.75) is 24.7 Å². The van der Waals surface area contributed by atoms with Gasteiger partial charge in [0, 0.05) is 22.7 Å². The van der Waals surface area contributed by atoms with Gasteiger partial charge >= 0.3 is 0 Å². The highest BCUT2D eigenvalue weighted by atomic mass is 32.2. The Morgan fingerprint density at radius 3 is 2.65 bits per heavy atom. The molecule has 0 saturated carbocycles. The van der Waals surface area contributed by atoms with Crippen LogP contribution in [0.3, 0.4) is 0 Å². The molecule has 1 N–H and O–H groups in total. The molecule has 0 spiro atoms. The van der Waals surface area contributed by atoms with Crippen molar-refractivity contribution in [1.29, 1.82) is 0 Å². The van der Waals surface area contributed by atoms with Crippen molar-refractivity contribution in [2.24, 2.45) is 0 Å². The van der Waals surface area contributed by atoms with Gasteiger partial charge in [-0.1, -0.05) is 6.07 Å². The maximum Gasteiger partial charge on any atom is 0.255 e. The van der Waals surface area contributed by atoms with E-state index < -0.39 is 10.0 Å². The zero-order chi connectivity index (χ0) is 18.7. The molecule has 26 heavy (non-hydrogen) atoms. The van der Waals surface area contributed by atoms with Crippen LogP contribution in [0.25, 0.3) is 0 Å². The molecule has 1 aliphatic rings. The number of nitrogens with one attached hydrogen (secondary N) is 1. The molecule has 0 bridgehead atoms. The van der Waals surface area contributed by atoms with Crippen LogP contribution in [0, 0.1) is 6.92 Å². The lowest BCUT2D eigenvalue weighted by Gasteiger charge is -2.29. The van der Waals surface area contributed by atoms with Crippen LogP contribution in [-0.4, -0.2) is 32.9 Å². The van der Waals surface area contributed by atoms with E-state index in [1.54, 1.807) is 30.0 Å². The topological polar surface area (TPSA) is 66.5 Å². The lowest BCUT2D eigenvalue weighted by atomic mass is 10.1. The predicted molar refractivity (Wildman–Crippen MR) is 108 cm³/mol. The summed E-state index contributed by atoms with van der Waals surface area (Å²) in [5.74, 6) is -0.0279. The van der Waals surface area contributed by atoms with E-state index >= 15 is 0 Å². The number of amides is 1. The molecule has 1 aliphatic heterocycles. The van der Waals surface area contributed by atoms with Crippen molar-refractivity contribution >= 4 is 39.1 Å². The van der Waals surface area contributed by atoms with Crippen LogP contribution in [-0.2, 0) is 10.0 Å². The van der Waals surface area contributed by atoms with Crippen molar-refractivity contribution in [3.8, 4) is 0 Å². The molecule has 1 amide bonds. The Hall–Kier alpha value is -1.99. The van der Waals surface area contributed by atoms with Gasteiger partial charge in [-0.25, -0.2) is 8.42 Å². The van der Waals surface area contributed by atoms with E-state index in [1.807, 2.05) is 37.4 Å². The van der Waals surface area contributed by atoms with Gasteiger partial charge in [-0.3, -0.25) is 9.10 Å². The van der Waals surface area contributed by atoms with E-state index in [-0.39, 0.29) is 11.7 Å². The molecule has 1 saturated heterocycles. The molecule has 0 atom stereocenters. The van der Waals surface area contributed by atoms with Gasteiger partial charge in [0.05, 0.1) is 11.4 Å². The van der Waals surface area contributed by atoms with Crippen LogP contribution in [0.2, 0.25) is 0 Å². The van der Waals surface area contributed by atoms with Crippen LogP contribution in [0.4, 0.5) is 11.4 Å². The predicted octanol–water partition coefficient (Wildman–Crippen LogP) is 3.90. The fraction of sp³-hybridized carbons (Fsp3) is 0.316. The number of benzene rings is 2. The fourth-order valence-corrected chi connectivity index (χ4v) is 5.20. The molecular weight excluding hydrogens is 368 g/mol. The van der Waals surface area contributed by atoms with Crippen molar-refractivity contribution in [3.63, 3.8) is 0 Å². The Bertz CT molecular complexity index is 926. The lowest BCUT2D eigenvalue weighted by Crippen LogP contribution is -2.38. The SMILES string of the molecule is CSc1cccc(NC(=O)c2ccc(N3CCCCS3(=O)=O)c(C)c2)c1. The van der Waals surface area contributed by atoms with Crippen molar-refractivity contribution in [1.82, 2.24) is 0 Å². The number of nitrogens with zero attached hydrogens (tertiary/aromatic N) is 1. The van der Waals surface area contributed by atoms with Crippen LogP contribution in [0.5, 0.6) is 0 Å². The largest absolute Gasteiger partial charge is 0.322 e. The van der Waals surface area contributed by atoms with Gasteiger partial charge in [-0.15, -0.1) is 11.8 Å². The normalized spacial score (nSPS) is 16.3. The van der Waals surface area contributed by atoms with E-state index in [1.165, 1.54) is 4.31 Å². The second kappa shape index (κ2) is 7.72. The van der Waals surface area contributed by atoms with E-state index in [4.69, 9.17) is 0 Å². The Morgan fingerprint density at radius 2 is 1.96 bits per heavy atom. The molecule has 2 aromatic carbocycles. The maximum absolute atomic E-state index is 12.5. The summed E-state index contributed by atoms with van der Waals surface area (Å²) in [6, 6.07) is 12.8. The molecule has 3 rings (SSSR count). The number of sulfonamides is 1. The molecule has 0 unspecified atom stereocenters. The van der Waals surface area contributed by atoms with Crippen molar-refractivity contribution < 1.29 is 13.2 Å². The Kier molecular flexibility index (Phi) is 5.58. The molecule has 0 aromatic heterocycles. The molecule has 1 heterocycles. The third-order valence-corrected chi connectivity index (χ3v) is 6.99. The molecule has 7 heteroatoms. The number of hydrogen-bond acceptors (Lipinski definition) is 4. The first-order valence-corrected chi connectivity index (χ1v) is 11.3. The molecule has 1 fully saturated rings. The molecule has 5 nitrogen and oxygen atoms in total. The number of hydrogen-bond donors (Lipinski definition) is 1. The third kappa shape index (κ3) is 4.04. The minimum Gasteiger partial charge on any atom is -0.322 e. The Labute approximate surface area is 158 Å². The number of aryl methyl sites for hydroxylation is 1. The average molecular weight is 391 g/mol. The standard InChI is InChI=1S/C19H22N2O3S2/c1-14-12-15(19(22)20-16-6-5-7-17(13-16)25-2)8-9-18(14)21-10-3-4-11-26(21,23)24/h5-9,12-13H,3-4,10-11H2,1-2H3,(H,20,22). The molecule has 0 radical (unpaired) electrons. The molecule has 138 valence electrons. The number of carbonyl (C=O) groups excluding carboxylic acids is 1. The highest BCUT2D eigenvalue weighted by Gasteiger charge is 2.27. The number of rotatable bonds is 4. The Morgan fingerprint density at radius 1 is 1.15 bits per heavy atom. The second-order valence-electron chi connectivity index (χ2n) is 6.28. The highest BCUT2D eigenvalue weighted by Crippen LogP contribution is 2.28. The summed E-state index contributed by atoms with van der Waals surface area (Å²) in [7, 11) is -3.26. The van der Waals surface area contributed by atoms with Gasteiger partial charge < -0.3 is 5.32 Å². The first-order chi connectivity index (χ1) is 12.4. The van der Waals surface area contributed by atoms with Crippen LogP contribution in [0.1, 0.15) is 28.8 Å². The number of carbonyl (C=O) groups is 1. The Balaban J connectivity index is 1.81. The number of thioether (sulfide) groups is 1. The van der Waals surface area contributed by atoms with Gasteiger partial charge in [0.1, 0.15) is 0 Å². The van der Waals surface area contributed by atoms with Gasteiger partial charge in [-0.2, -0.15) is 0 Å². The summed E-state index contributed by atoms with van der Waals surface area (Å²) in [6.07, 6.45) is 3.54. The average Bonchev–Trinajstić information content (AvgIpc) is 2.62. The van der Waals surface area contributed by atoms with Crippen LogP contribution in [0.15, 0.2) is 47.4 Å². The smallest absolute Gasteiger partial charge is 0.255 e. The van der Waals surface area contributed by atoms with Crippen molar-refractivity contribution in [3.05, 3.63) is 53.6 Å². The zero-order valence-electron chi connectivity index (χ0n) is 14.9. The van der Waals surface area contributed by atoms with Crippen molar-refractivity contribution in [2.75, 3.05) is 28.2 Å². The number of anilines is 2. The van der Waals surface area contributed by atoms with Crippen LogP contribution >= 0.6 is 11.8 Å². The maximum atomic E-state index is 12.5.